The van der Waals surface area contributed by atoms with Crippen LogP contribution < -0.4 is 0 Å². The van der Waals surface area contributed by atoms with Crippen LogP contribution in [0.5, 0.6) is 0 Å². The first-order valence-corrected chi connectivity index (χ1v) is 6.17. The number of nitrogens with one attached hydrogen (secondary N) is 1. The van der Waals surface area contributed by atoms with Gasteiger partial charge in [0.05, 0.1) is 11.0 Å². The Labute approximate surface area is 103 Å². The lowest BCUT2D eigenvalue weighted by Gasteiger charge is -2.00. The van der Waals surface area contributed by atoms with Crippen molar-refractivity contribution in [3.05, 3.63) is 48.5 Å². The van der Waals surface area contributed by atoms with Gasteiger partial charge in [0.1, 0.15) is 5.82 Å². The number of aromatic amines is 1. The van der Waals surface area contributed by atoms with Gasteiger partial charge in [-0.25, -0.2) is 4.98 Å². The molecule has 3 rings (SSSR count). The highest BCUT2D eigenvalue weighted by Gasteiger charge is 2.02. The summed E-state index contributed by atoms with van der Waals surface area (Å²) >= 11 is 1.72. The third kappa shape index (κ3) is 2.17. The molecule has 3 aromatic rings. The van der Waals surface area contributed by atoms with Crippen LogP contribution in [0, 0.1) is 6.92 Å². The summed E-state index contributed by atoms with van der Waals surface area (Å²) in [5.41, 5.74) is 2.10. The molecular formula is C13H11N3S. The van der Waals surface area contributed by atoms with Crippen molar-refractivity contribution in [3.8, 4) is 0 Å². The lowest BCUT2D eigenvalue weighted by atomic mass is 10.3. The van der Waals surface area contributed by atoms with Crippen molar-refractivity contribution in [2.45, 2.75) is 16.7 Å². The number of H-pyrrole nitrogens is 1. The zero-order valence-electron chi connectivity index (χ0n) is 9.34. The molecule has 0 saturated heterocycles. The molecule has 1 N–H and O–H groups in total. The van der Waals surface area contributed by atoms with Gasteiger partial charge in [-0.05, 0) is 37.3 Å². The Bertz CT molecular complexity index is 646. The quantitative estimate of drug-likeness (QED) is 0.747. The molecule has 1 aromatic carbocycles. The van der Waals surface area contributed by atoms with Gasteiger partial charge in [0.2, 0.25) is 0 Å². The van der Waals surface area contributed by atoms with Crippen LogP contribution in [0.2, 0.25) is 0 Å². The summed E-state index contributed by atoms with van der Waals surface area (Å²) in [5.74, 6) is 0.950. The van der Waals surface area contributed by atoms with Crippen molar-refractivity contribution in [2.75, 3.05) is 0 Å². The van der Waals surface area contributed by atoms with Crippen LogP contribution in [0.4, 0.5) is 0 Å². The van der Waals surface area contributed by atoms with Crippen LogP contribution in [-0.2, 0) is 0 Å². The van der Waals surface area contributed by atoms with E-state index in [1.54, 1.807) is 24.2 Å². The molecule has 0 amide bonds. The van der Waals surface area contributed by atoms with Crippen molar-refractivity contribution in [2.24, 2.45) is 0 Å². The van der Waals surface area contributed by atoms with Gasteiger partial charge in [0, 0.05) is 22.2 Å². The van der Waals surface area contributed by atoms with Gasteiger partial charge in [-0.2, -0.15) is 0 Å². The first kappa shape index (κ1) is 10.4. The van der Waals surface area contributed by atoms with Crippen LogP contribution in [0.25, 0.3) is 11.0 Å². The van der Waals surface area contributed by atoms with E-state index in [2.05, 4.69) is 27.1 Å². The summed E-state index contributed by atoms with van der Waals surface area (Å²) in [6, 6.07) is 10.3. The first-order chi connectivity index (χ1) is 8.31. The van der Waals surface area contributed by atoms with E-state index in [0.717, 1.165) is 16.9 Å². The van der Waals surface area contributed by atoms with Gasteiger partial charge >= 0.3 is 0 Å². The van der Waals surface area contributed by atoms with Crippen molar-refractivity contribution in [3.63, 3.8) is 0 Å². The number of hydrogen-bond donors (Lipinski definition) is 1. The highest BCUT2D eigenvalue weighted by atomic mass is 32.2. The second-order valence-electron chi connectivity index (χ2n) is 3.79. The van der Waals surface area contributed by atoms with E-state index in [1.165, 1.54) is 9.79 Å². The molecule has 0 radical (unpaired) electrons. The van der Waals surface area contributed by atoms with Gasteiger partial charge in [-0.3, -0.25) is 4.98 Å². The zero-order chi connectivity index (χ0) is 11.7. The molecule has 0 unspecified atom stereocenters. The van der Waals surface area contributed by atoms with Crippen molar-refractivity contribution in [1.29, 1.82) is 0 Å². The first-order valence-electron chi connectivity index (χ1n) is 5.35. The minimum Gasteiger partial charge on any atom is -0.342 e. The summed E-state index contributed by atoms with van der Waals surface area (Å²) < 4.78 is 0. The van der Waals surface area contributed by atoms with Crippen LogP contribution >= 0.6 is 11.8 Å². The second-order valence-corrected chi connectivity index (χ2v) is 4.93. The highest BCUT2D eigenvalue weighted by Crippen LogP contribution is 2.28. The molecule has 0 atom stereocenters. The van der Waals surface area contributed by atoms with Gasteiger partial charge in [-0.1, -0.05) is 11.8 Å². The maximum atomic E-state index is 4.39. The number of fused-ring (bicyclic) bond motifs is 1. The van der Waals surface area contributed by atoms with Gasteiger partial charge in [0.25, 0.3) is 0 Å². The Hall–Kier alpha value is -1.81. The lowest BCUT2D eigenvalue weighted by Crippen LogP contribution is -1.76. The Balaban J connectivity index is 1.95. The molecule has 2 aromatic heterocycles. The van der Waals surface area contributed by atoms with E-state index < -0.39 is 0 Å². The van der Waals surface area contributed by atoms with Crippen LogP contribution in [-0.4, -0.2) is 15.0 Å². The number of nitrogens with zero attached hydrogens (tertiary/aromatic N) is 2. The van der Waals surface area contributed by atoms with Crippen molar-refractivity contribution >= 4 is 22.8 Å². The lowest BCUT2D eigenvalue weighted by molar-refractivity contribution is 1.17. The van der Waals surface area contributed by atoms with E-state index in [4.69, 9.17) is 0 Å². The number of rotatable bonds is 2. The van der Waals surface area contributed by atoms with Crippen molar-refractivity contribution < 1.29 is 0 Å². The second kappa shape index (κ2) is 4.22. The minimum absolute atomic E-state index is 0.950. The third-order valence-electron chi connectivity index (χ3n) is 2.46. The Kier molecular flexibility index (Phi) is 2.57. The van der Waals surface area contributed by atoms with Crippen LogP contribution in [0.1, 0.15) is 5.82 Å². The molecule has 0 aliphatic carbocycles. The molecule has 2 heterocycles. The van der Waals surface area contributed by atoms with Gasteiger partial charge < -0.3 is 4.98 Å². The summed E-state index contributed by atoms with van der Waals surface area (Å²) in [7, 11) is 0. The number of hydrogen-bond acceptors (Lipinski definition) is 3. The molecule has 4 heteroatoms. The van der Waals surface area contributed by atoms with Crippen molar-refractivity contribution in [1.82, 2.24) is 15.0 Å². The molecule has 0 aliphatic heterocycles. The smallest absolute Gasteiger partial charge is 0.104 e. The average Bonchev–Trinajstić information content (AvgIpc) is 2.70. The largest absolute Gasteiger partial charge is 0.342 e. The SMILES string of the molecule is Cc1nc2ccc(Sc3ccncc3)cc2[nH]1. The van der Waals surface area contributed by atoms with E-state index >= 15 is 0 Å². The standard InChI is InChI=1S/C13H11N3S/c1-9-15-12-3-2-11(8-13(12)16-9)17-10-4-6-14-7-5-10/h2-8H,1H3,(H,15,16). The summed E-state index contributed by atoms with van der Waals surface area (Å²) in [4.78, 5) is 14.0. The molecule has 3 nitrogen and oxygen atoms in total. The fourth-order valence-electron chi connectivity index (χ4n) is 1.72. The average molecular weight is 241 g/mol. The van der Waals surface area contributed by atoms with Crippen LogP contribution in [0.15, 0.2) is 52.5 Å². The van der Waals surface area contributed by atoms with E-state index in [1.807, 2.05) is 25.1 Å². The van der Waals surface area contributed by atoms with E-state index in [-0.39, 0.29) is 0 Å². The normalized spacial score (nSPS) is 10.9. The molecule has 0 aliphatic rings. The van der Waals surface area contributed by atoms with E-state index in [9.17, 15) is 0 Å². The summed E-state index contributed by atoms with van der Waals surface area (Å²) in [6.07, 6.45) is 3.61. The number of imidazole rings is 1. The van der Waals surface area contributed by atoms with Gasteiger partial charge in [0.15, 0.2) is 0 Å². The number of benzene rings is 1. The van der Waals surface area contributed by atoms with E-state index in [0.29, 0.717) is 0 Å². The van der Waals surface area contributed by atoms with Crippen LogP contribution in [0.3, 0.4) is 0 Å². The van der Waals surface area contributed by atoms with Gasteiger partial charge in [-0.15, -0.1) is 0 Å². The molecule has 17 heavy (non-hydrogen) atoms. The molecule has 0 saturated carbocycles. The Morgan fingerprint density at radius 3 is 2.71 bits per heavy atom. The zero-order valence-corrected chi connectivity index (χ0v) is 10.2. The molecule has 0 spiro atoms. The Morgan fingerprint density at radius 1 is 1.06 bits per heavy atom. The maximum Gasteiger partial charge on any atom is 0.104 e. The predicted molar refractivity (Wildman–Crippen MR) is 69.2 cm³/mol. The summed E-state index contributed by atoms with van der Waals surface area (Å²) in [6.45, 7) is 1.97. The minimum atomic E-state index is 0.950. The molecule has 0 bridgehead atoms. The number of aryl methyl sites for hydroxylation is 1. The molecule has 84 valence electrons. The Morgan fingerprint density at radius 2 is 1.88 bits per heavy atom. The third-order valence-corrected chi connectivity index (χ3v) is 3.45. The molecular weight excluding hydrogens is 230 g/mol. The fourth-order valence-corrected chi connectivity index (χ4v) is 2.56. The summed E-state index contributed by atoms with van der Waals surface area (Å²) in [5, 5.41) is 0. The molecule has 0 fully saturated rings. The topological polar surface area (TPSA) is 41.6 Å². The number of pyridine rings is 1. The predicted octanol–water partition coefficient (Wildman–Crippen LogP) is 3.42. The number of aromatic nitrogens is 3. The highest BCUT2D eigenvalue weighted by molar-refractivity contribution is 7.99. The monoisotopic (exact) mass is 241 g/mol. The maximum absolute atomic E-state index is 4.39. The fraction of sp³-hybridized carbons (Fsp3) is 0.0769.